The Morgan fingerprint density at radius 2 is 2.24 bits per heavy atom. The SMILES string of the molecule is CC(C)NC1(C(=O)O)CCC(SCc2ccccc2Cl)C1. The molecule has 0 saturated heterocycles. The maximum atomic E-state index is 11.6. The lowest BCUT2D eigenvalue weighted by atomic mass is 9.97. The second kappa shape index (κ2) is 7.03. The van der Waals surface area contributed by atoms with E-state index in [9.17, 15) is 9.90 Å². The number of hydrogen-bond donors (Lipinski definition) is 2. The highest BCUT2D eigenvalue weighted by Crippen LogP contribution is 2.39. The molecular formula is C16H22ClNO2S. The van der Waals surface area contributed by atoms with E-state index in [0.717, 1.165) is 22.8 Å². The van der Waals surface area contributed by atoms with E-state index in [1.165, 1.54) is 0 Å². The van der Waals surface area contributed by atoms with Crippen LogP contribution >= 0.6 is 23.4 Å². The molecule has 21 heavy (non-hydrogen) atoms. The van der Waals surface area contributed by atoms with E-state index in [2.05, 4.69) is 5.32 Å². The number of carboxylic acid groups (broad SMARTS) is 1. The van der Waals surface area contributed by atoms with Gasteiger partial charge in [-0.25, -0.2) is 0 Å². The molecule has 3 nitrogen and oxygen atoms in total. The molecule has 2 N–H and O–H groups in total. The molecule has 1 aliphatic rings. The quantitative estimate of drug-likeness (QED) is 0.830. The lowest BCUT2D eigenvalue weighted by Crippen LogP contribution is -2.53. The van der Waals surface area contributed by atoms with Gasteiger partial charge in [0.05, 0.1) is 0 Å². The number of rotatable bonds is 6. The van der Waals surface area contributed by atoms with E-state index in [1.807, 2.05) is 49.9 Å². The van der Waals surface area contributed by atoms with Crippen LogP contribution in [-0.2, 0) is 10.5 Å². The molecule has 1 fully saturated rings. The van der Waals surface area contributed by atoms with Crippen LogP contribution in [0.4, 0.5) is 0 Å². The van der Waals surface area contributed by atoms with Crippen LogP contribution in [-0.4, -0.2) is 27.9 Å². The number of benzene rings is 1. The zero-order valence-electron chi connectivity index (χ0n) is 12.4. The first-order valence-corrected chi connectivity index (χ1v) is 8.72. The molecule has 0 aromatic heterocycles. The third-order valence-electron chi connectivity index (χ3n) is 3.88. The Labute approximate surface area is 135 Å². The number of carboxylic acids is 1. The molecular weight excluding hydrogens is 306 g/mol. The largest absolute Gasteiger partial charge is 0.480 e. The smallest absolute Gasteiger partial charge is 0.323 e. The topological polar surface area (TPSA) is 49.3 Å². The predicted octanol–water partition coefficient (Wildman–Crippen LogP) is 3.95. The van der Waals surface area contributed by atoms with Gasteiger partial charge < -0.3 is 5.11 Å². The maximum Gasteiger partial charge on any atom is 0.323 e. The minimum Gasteiger partial charge on any atom is -0.480 e. The fourth-order valence-corrected chi connectivity index (χ4v) is 4.54. The van der Waals surface area contributed by atoms with Crippen molar-refractivity contribution in [3.63, 3.8) is 0 Å². The lowest BCUT2D eigenvalue weighted by molar-refractivity contribution is -0.145. The first-order chi connectivity index (χ1) is 9.93. The molecule has 116 valence electrons. The van der Waals surface area contributed by atoms with Crippen molar-refractivity contribution in [3.8, 4) is 0 Å². The molecule has 0 bridgehead atoms. The number of hydrogen-bond acceptors (Lipinski definition) is 3. The zero-order chi connectivity index (χ0) is 15.5. The van der Waals surface area contributed by atoms with Gasteiger partial charge in [0.1, 0.15) is 5.54 Å². The van der Waals surface area contributed by atoms with Crippen molar-refractivity contribution < 1.29 is 9.90 Å². The Kier molecular flexibility index (Phi) is 5.58. The van der Waals surface area contributed by atoms with E-state index in [0.29, 0.717) is 18.1 Å². The molecule has 0 spiro atoms. The van der Waals surface area contributed by atoms with Crippen molar-refractivity contribution in [2.24, 2.45) is 0 Å². The fourth-order valence-electron chi connectivity index (χ4n) is 2.91. The highest BCUT2D eigenvalue weighted by molar-refractivity contribution is 7.99. The predicted molar refractivity (Wildman–Crippen MR) is 89.0 cm³/mol. The number of halogens is 1. The molecule has 1 aliphatic carbocycles. The average Bonchev–Trinajstić information content (AvgIpc) is 2.82. The summed E-state index contributed by atoms with van der Waals surface area (Å²) in [6, 6.07) is 8.01. The second-order valence-corrected chi connectivity index (χ2v) is 7.65. The van der Waals surface area contributed by atoms with E-state index in [-0.39, 0.29) is 6.04 Å². The molecule has 0 radical (unpaired) electrons. The van der Waals surface area contributed by atoms with Crippen LogP contribution in [0.5, 0.6) is 0 Å². The summed E-state index contributed by atoms with van der Waals surface area (Å²) in [6.45, 7) is 3.99. The van der Waals surface area contributed by atoms with Gasteiger partial charge >= 0.3 is 5.97 Å². The Bertz CT molecular complexity index is 509. The third-order valence-corrected chi connectivity index (χ3v) is 5.60. The zero-order valence-corrected chi connectivity index (χ0v) is 14.0. The van der Waals surface area contributed by atoms with Gasteiger partial charge in [-0.3, -0.25) is 10.1 Å². The van der Waals surface area contributed by atoms with Gasteiger partial charge in [-0.1, -0.05) is 29.8 Å². The summed E-state index contributed by atoms with van der Waals surface area (Å²) in [5.74, 6) is 0.110. The van der Waals surface area contributed by atoms with Crippen LogP contribution in [0.15, 0.2) is 24.3 Å². The monoisotopic (exact) mass is 327 g/mol. The summed E-state index contributed by atoms with van der Waals surface area (Å²) in [7, 11) is 0. The van der Waals surface area contributed by atoms with E-state index < -0.39 is 11.5 Å². The van der Waals surface area contributed by atoms with Crippen LogP contribution in [0, 0.1) is 0 Å². The number of carbonyl (C=O) groups is 1. The summed E-state index contributed by atoms with van der Waals surface area (Å²) >= 11 is 7.98. The van der Waals surface area contributed by atoms with Crippen molar-refractivity contribution in [2.45, 2.75) is 55.7 Å². The molecule has 0 amide bonds. The third kappa shape index (κ3) is 4.15. The van der Waals surface area contributed by atoms with Gasteiger partial charge in [-0.15, -0.1) is 0 Å². The van der Waals surface area contributed by atoms with Crippen molar-refractivity contribution in [3.05, 3.63) is 34.9 Å². The number of thioether (sulfide) groups is 1. The number of nitrogens with one attached hydrogen (secondary N) is 1. The summed E-state index contributed by atoms with van der Waals surface area (Å²) in [4.78, 5) is 11.6. The normalized spacial score (nSPS) is 25.4. The second-order valence-electron chi connectivity index (χ2n) is 5.95. The number of aliphatic carboxylic acids is 1. The van der Waals surface area contributed by atoms with Gasteiger partial charge in [-0.2, -0.15) is 11.8 Å². The Hall–Kier alpha value is -0.710. The molecule has 1 aromatic carbocycles. The highest BCUT2D eigenvalue weighted by atomic mass is 35.5. The summed E-state index contributed by atoms with van der Waals surface area (Å²) in [5.41, 5.74) is 0.362. The van der Waals surface area contributed by atoms with Crippen molar-refractivity contribution >= 4 is 29.3 Å². The van der Waals surface area contributed by atoms with Crippen molar-refractivity contribution in [2.75, 3.05) is 0 Å². The summed E-state index contributed by atoms with van der Waals surface area (Å²) < 4.78 is 0. The van der Waals surface area contributed by atoms with Crippen LogP contribution in [0.1, 0.15) is 38.7 Å². The van der Waals surface area contributed by atoms with Gasteiger partial charge in [-0.05, 0) is 44.7 Å². The standard InChI is InChI=1S/C16H22ClNO2S/c1-11(2)18-16(15(19)20)8-7-13(9-16)21-10-12-5-3-4-6-14(12)17/h3-6,11,13,18H,7-10H2,1-2H3,(H,19,20). The Morgan fingerprint density at radius 1 is 1.52 bits per heavy atom. The van der Waals surface area contributed by atoms with Gasteiger partial charge in [0.2, 0.25) is 0 Å². The Morgan fingerprint density at radius 3 is 2.86 bits per heavy atom. The maximum absolute atomic E-state index is 11.6. The lowest BCUT2D eigenvalue weighted by Gasteiger charge is -2.28. The van der Waals surface area contributed by atoms with Gasteiger partial charge in [0, 0.05) is 22.1 Å². The molecule has 1 aromatic rings. The minimum absolute atomic E-state index is 0.174. The van der Waals surface area contributed by atoms with E-state index >= 15 is 0 Å². The van der Waals surface area contributed by atoms with Gasteiger partial charge in [0.25, 0.3) is 0 Å². The van der Waals surface area contributed by atoms with E-state index in [4.69, 9.17) is 11.6 Å². The van der Waals surface area contributed by atoms with Crippen molar-refractivity contribution in [1.82, 2.24) is 5.32 Å². The average molecular weight is 328 g/mol. The minimum atomic E-state index is -0.758. The fraction of sp³-hybridized carbons (Fsp3) is 0.562. The van der Waals surface area contributed by atoms with Crippen LogP contribution in [0.3, 0.4) is 0 Å². The van der Waals surface area contributed by atoms with Gasteiger partial charge in [0.15, 0.2) is 0 Å². The first kappa shape index (κ1) is 16.7. The molecule has 1 saturated carbocycles. The molecule has 5 heteroatoms. The van der Waals surface area contributed by atoms with Crippen LogP contribution in [0.25, 0.3) is 0 Å². The van der Waals surface area contributed by atoms with E-state index in [1.54, 1.807) is 0 Å². The Balaban J connectivity index is 1.95. The molecule has 2 unspecified atom stereocenters. The summed E-state index contributed by atoms with van der Waals surface area (Å²) in [5, 5.41) is 14.0. The molecule has 0 aliphatic heterocycles. The van der Waals surface area contributed by atoms with Crippen LogP contribution < -0.4 is 5.32 Å². The molecule has 2 atom stereocenters. The van der Waals surface area contributed by atoms with Crippen LogP contribution in [0.2, 0.25) is 5.02 Å². The molecule has 2 rings (SSSR count). The summed E-state index contributed by atoms with van der Waals surface area (Å²) in [6.07, 6.45) is 2.30. The highest BCUT2D eigenvalue weighted by Gasteiger charge is 2.45. The van der Waals surface area contributed by atoms with Crippen molar-refractivity contribution in [1.29, 1.82) is 0 Å². The molecule has 0 heterocycles. The first-order valence-electron chi connectivity index (χ1n) is 7.29.